The molecule has 0 radical (unpaired) electrons. The predicted octanol–water partition coefficient (Wildman–Crippen LogP) is 1.96. The third-order valence-corrected chi connectivity index (χ3v) is 3.90. The minimum atomic E-state index is -0.317. The Morgan fingerprint density at radius 2 is 2.11 bits per heavy atom. The number of nitrogens with one attached hydrogen (secondary N) is 1. The lowest BCUT2D eigenvalue weighted by atomic mass is 9.77. The molecule has 2 N–H and O–H groups in total. The number of hydrogen-bond acceptors (Lipinski definition) is 2. The normalized spacial score (nSPS) is 17.0. The molecule has 0 bridgehead atoms. The Kier molecular flexibility index (Phi) is 4.02. The molecular formula is C15H21NO2. The lowest BCUT2D eigenvalue weighted by Crippen LogP contribution is -2.56. The molecule has 0 aromatic heterocycles. The molecule has 2 rings (SSSR count). The lowest BCUT2D eigenvalue weighted by Gasteiger charge is -2.41. The fraction of sp³-hybridized carbons (Fsp3) is 0.533. The van der Waals surface area contributed by atoms with Crippen molar-refractivity contribution in [3.8, 4) is 0 Å². The molecule has 0 heterocycles. The van der Waals surface area contributed by atoms with Gasteiger partial charge in [-0.1, -0.05) is 24.3 Å². The largest absolute Gasteiger partial charge is 0.394 e. The minimum absolute atomic E-state index is 0.0482. The molecule has 0 spiro atoms. The van der Waals surface area contributed by atoms with E-state index in [1.165, 1.54) is 11.1 Å². The SMILES string of the molecule is Cc1ccccc1CCC(=O)NC1(CO)CCC1. The van der Waals surface area contributed by atoms with Crippen LogP contribution in [0.3, 0.4) is 0 Å². The molecule has 1 aliphatic rings. The van der Waals surface area contributed by atoms with E-state index in [2.05, 4.69) is 24.4 Å². The standard InChI is InChI=1S/C15H21NO2/c1-12-5-2-3-6-13(12)7-8-14(18)16-15(11-17)9-4-10-15/h2-3,5-6,17H,4,7-11H2,1H3,(H,16,18). The summed E-state index contributed by atoms with van der Waals surface area (Å²) in [5.74, 6) is 0.0482. The number of carbonyl (C=O) groups is 1. The maximum atomic E-state index is 11.9. The van der Waals surface area contributed by atoms with Gasteiger partial charge in [0.15, 0.2) is 0 Å². The van der Waals surface area contributed by atoms with Gasteiger partial charge in [-0.15, -0.1) is 0 Å². The van der Waals surface area contributed by atoms with Crippen molar-refractivity contribution in [2.75, 3.05) is 6.61 Å². The van der Waals surface area contributed by atoms with Gasteiger partial charge in [0.05, 0.1) is 12.1 Å². The quantitative estimate of drug-likeness (QED) is 0.835. The van der Waals surface area contributed by atoms with Gasteiger partial charge in [-0.2, -0.15) is 0 Å². The summed E-state index contributed by atoms with van der Waals surface area (Å²) >= 11 is 0. The van der Waals surface area contributed by atoms with Gasteiger partial charge in [-0.25, -0.2) is 0 Å². The first kappa shape index (κ1) is 13.1. The third kappa shape index (κ3) is 2.91. The van der Waals surface area contributed by atoms with Crippen molar-refractivity contribution in [1.29, 1.82) is 0 Å². The van der Waals surface area contributed by atoms with E-state index in [4.69, 9.17) is 0 Å². The van der Waals surface area contributed by atoms with Crippen LogP contribution < -0.4 is 5.32 Å². The average molecular weight is 247 g/mol. The fourth-order valence-corrected chi connectivity index (χ4v) is 2.42. The second-order valence-electron chi connectivity index (χ2n) is 5.27. The second-order valence-corrected chi connectivity index (χ2v) is 5.27. The summed E-state index contributed by atoms with van der Waals surface area (Å²) in [7, 11) is 0. The number of carbonyl (C=O) groups excluding carboxylic acids is 1. The third-order valence-electron chi connectivity index (χ3n) is 3.90. The molecular weight excluding hydrogens is 226 g/mol. The summed E-state index contributed by atoms with van der Waals surface area (Å²) in [5.41, 5.74) is 2.13. The molecule has 1 fully saturated rings. The number of aliphatic hydroxyl groups is 1. The monoisotopic (exact) mass is 247 g/mol. The van der Waals surface area contributed by atoms with Gasteiger partial charge < -0.3 is 10.4 Å². The molecule has 0 atom stereocenters. The van der Waals surface area contributed by atoms with Crippen LogP contribution in [0.15, 0.2) is 24.3 Å². The van der Waals surface area contributed by atoms with Crippen LogP contribution in [-0.2, 0) is 11.2 Å². The average Bonchev–Trinajstić information content (AvgIpc) is 2.33. The van der Waals surface area contributed by atoms with Crippen LogP contribution >= 0.6 is 0 Å². The highest BCUT2D eigenvalue weighted by Crippen LogP contribution is 2.31. The van der Waals surface area contributed by atoms with E-state index in [0.717, 1.165) is 25.7 Å². The maximum Gasteiger partial charge on any atom is 0.220 e. The zero-order valence-corrected chi connectivity index (χ0v) is 10.9. The molecule has 0 unspecified atom stereocenters. The van der Waals surface area contributed by atoms with E-state index >= 15 is 0 Å². The van der Waals surface area contributed by atoms with Crippen LogP contribution in [0.2, 0.25) is 0 Å². The summed E-state index contributed by atoms with van der Waals surface area (Å²) in [4.78, 5) is 11.9. The first-order valence-corrected chi connectivity index (χ1v) is 6.62. The fourth-order valence-electron chi connectivity index (χ4n) is 2.42. The molecule has 98 valence electrons. The molecule has 18 heavy (non-hydrogen) atoms. The van der Waals surface area contributed by atoms with E-state index < -0.39 is 0 Å². The van der Waals surface area contributed by atoms with Gasteiger partial charge in [0.1, 0.15) is 0 Å². The number of hydrogen-bond donors (Lipinski definition) is 2. The molecule has 0 aliphatic heterocycles. The Balaban J connectivity index is 1.83. The van der Waals surface area contributed by atoms with Crippen LogP contribution in [-0.4, -0.2) is 23.2 Å². The summed E-state index contributed by atoms with van der Waals surface area (Å²) in [5, 5.41) is 12.3. The van der Waals surface area contributed by atoms with E-state index in [9.17, 15) is 9.90 Å². The van der Waals surface area contributed by atoms with Crippen molar-refractivity contribution in [2.45, 2.75) is 44.6 Å². The highest BCUT2D eigenvalue weighted by Gasteiger charge is 2.37. The van der Waals surface area contributed by atoms with Crippen LogP contribution in [0, 0.1) is 6.92 Å². The van der Waals surface area contributed by atoms with Gasteiger partial charge in [0.2, 0.25) is 5.91 Å². The van der Waals surface area contributed by atoms with Crippen molar-refractivity contribution < 1.29 is 9.90 Å². The molecule has 1 aromatic carbocycles. The molecule has 1 aliphatic carbocycles. The Morgan fingerprint density at radius 3 is 2.67 bits per heavy atom. The van der Waals surface area contributed by atoms with E-state index in [1.54, 1.807) is 0 Å². The van der Waals surface area contributed by atoms with Gasteiger partial charge in [-0.3, -0.25) is 4.79 Å². The molecule has 0 saturated heterocycles. The highest BCUT2D eigenvalue weighted by atomic mass is 16.3. The zero-order chi connectivity index (χ0) is 13.0. The summed E-state index contributed by atoms with van der Waals surface area (Å²) in [6.45, 7) is 2.12. The Bertz CT molecular complexity index is 419. The highest BCUT2D eigenvalue weighted by molar-refractivity contribution is 5.77. The minimum Gasteiger partial charge on any atom is -0.394 e. The molecule has 1 saturated carbocycles. The topological polar surface area (TPSA) is 49.3 Å². The zero-order valence-electron chi connectivity index (χ0n) is 10.9. The summed E-state index contributed by atoms with van der Waals surface area (Å²) in [6, 6.07) is 8.14. The van der Waals surface area contributed by atoms with Crippen molar-refractivity contribution in [3.63, 3.8) is 0 Å². The second kappa shape index (κ2) is 5.53. The van der Waals surface area contributed by atoms with Gasteiger partial charge in [0.25, 0.3) is 0 Å². The molecule has 1 aromatic rings. The van der Waals surface area contributed by atoms with E-state index in [1.807, 2.05) is 12.1 Å². The van der Waals surface area contributed by atoms with Crippen LogP contribution in [0.4, 0.5) is 0 Å². The molecule has 3 nitrogen and oxygen atoms in total. The van der Waals surface area contributed by atoms with Crippen molar-refractivity contribution in [2.24, 2.45) is 0 Å². The van der Waals surface area contributed by atoms with Crippen molar-refractivity contribution in [1.82, 2.24) is 5.32 Å². The van der Waals surface area contributed by atoms with Crippen molar-refractivity contribution >= 4 is 5.91 Å². The Labute approximate surface area is 108 Å². The van der Waals surface area contributed by atoms with Crippen LogP contribution in [0.25, 0.3) is 0 Å². The molecule has 3 heteroatoms. The number of aryl methyl sites for hydroxylation is 2. The van der Waals surface area contributed by atoms with E-state index in [0.29, 0.717) is 6.42 Å². The maximum absolute atomic E-state index is 11.9. The van der Waals surface area contributed by atoms with Crippen LogP contribution in [0.1, 0.15) is 36.8 Å². The Morgan fingerprint density at radius 1 is 1.39 bits per heavy atom. The molecule has 1 amide bonds. The van der Waals surface area contributed by atoms with Gasteiger partial charge in [-0.05, 0) is 43.7 Å². The predicted molar refractivity (Wildman–Crippen MR) is 71.3 cm³/mol. The number of rotatable bonds is 5. The number of amides is 1. The summed E-state index contributed by atoms with van der Waals surface area (Å²) in [6.07, 6.45) is 4.16. The first-order valence-electron chi connectivity index (χ1n) is 6.62. The van der Waals surface area contributed by atoms with Gasteiger partial charge in [0, 0.05) is 6.42 Å². The first-order chi connectivity index (χ1) is 8.65. The number of aliphatic hydroxyl groups excluding tert-OH is 1. The van der Waals surface area contributed by atoms with E-state index in [-0.39, 0.29) is 18.1 Å². The van der Waals surface area contributed by atoms with Crippen molar-refractivity contribution in [3.05, 3.63) is 35.4 Å². The number of benzene rings is 1. The van der Waals surface area contributed by atoms with Gasteiger partial charge >= 0.3 is 0 Å². The Hall–Kier alpha value is -1.35. The summed E-state index contributed by atoms with van der Waals surface area (Å²) < 4.78 is 0. The lowest BCUT2D eigenvalue weighted by molar-refractivity contribution is -0.125. The smallest absolute Gasteiger partial charge is 0.220 e. The van der Waals surface area contributed by atoms with Crippen LogP contribution in [0.5, 0.6) is 0 Å².